The minimum atomic E-state index is 0.0901. The van der Waals surface area contributed by atoms with Gasteiger partial charge in [-0.2, -0.15) is 0 Å². The molecule has 2 atom stereocenters. The van der Waals surface area contributed by atoms with Crippen molar-refractivity contribution in [2.45, 2.75) is 119 Å². The van der Waals surface area contributed by atoms with E-state index in [-0.39, 0.29) is 5.41 Å². The molecule has 0 nitrogen and oxygen atoms in total. The minimum Gasteiger partial charge on any atom is -0.0654 e. The van der Waals surface area contributed by atoms with Gasteiger partial charge in [0.25, 0.3) is 0 Å². The normalized spacial score (nSPS) is 18.9. The number of rotatable bonds is 12. The average Bonchev–Trinajstić information content (AvgIpc) is 3.46. The summed E-state index contributed by atoms with van der Waals surface area (Å²) in [6.07, 6.45) is 15.4. The number of hydrogen-bond acceptors (Lipinski definition) is 0. The summed E-state index contributed by atoms with van der Waals surface area (Å²) in [6.45, 7) is 19.4. The van der Waals surface area contributed by atoms with Crippen LogP contribution in [-0.2, 0) is 12.8 Å². The fourth-order valence-electron chi connectivity index (χ4n) is 7.37. The van der Waals surface area contributed by atoms with Gasteiger partial charge >= 0.3 is 0 Å². The lowest BCUT2D eigenvalue weighted by molar-refractivity contribution is 0.258. The molecular weight excluding hydrogens is 444 g/mol. The zero-order chi connectivity index (χ0) is 26.7. The van der Waals surface area contributed by atoms with Gasteiger partial charge in [0.15, 0.2) is 0 Å². The molecule has 2 aliphatic carbocycles. The van der Waals surface area contributed by atoms with E-state index >= 15 is 0 Å². The zero-order valence-electron chi connectivity index (χ0n) is 25.1. The highest BCUT2D eigenvalue weighted by atomic mass is 14.5. The van der Waals surface area contributed by atoms with Crippen molar-refractivity contribution in [3.63, 3.8) is 0 Å². The van der Waals surface area contributed by atoms with Crippen molar-refractivity contribution in [3.8, 4) is 0 Å². The molecule has 0 saturated heterocycles. The van der Waals surface area contributed by atoms with E-state index in [2.05, 4.69) is 104 Å². The van der Waals surface area contributed by atoms with Crippen molar-refractivity contribution in [1.29, 1.82) is 0 Å². The van der Waals surface area contributed by atoms with Gasteiger partial charge in [0, 0.05) is 11.8 Å². The Morgan fingerprint density at radius 3 is 1.38 bits per heavy atom. The Balaban J connectivity index is 1.79. The van der Waals surface area contributed by atoms with Gasteiger partial charge in [-0.1, -0.05) is 141 Å². The molecule has 0 N–H and O–H groups in total. The lowest BCUT2D eigenvalue weighted by Gasteiger charge is -2.43. The number of hydrogen-bond donors (Lipinski definition) is 0. The average molecular weight is 497 g/mol. The Bertz CT molecular complexity index is 1050. The molecule has 0 bridgehead atoms. The Morgan fingerprint density at radius 2 is 1.03 bits per heavy atom. The van der Waals surface area contributed by atoms with E-state index in [0.717, 1.165) is 0 Å². The standard InChI is InChI=1S/C37H52/c1-9-11-13-17-27-19-15-21-29-33(27)23-31(25(3)4)35(29)37(7,8)36-30-22-16-20-28(18-14-12-10-2)34(30)24-32(36)26(5)6/h15-16,19-26,35-36H,9-14,17-18H2,1-8H3. The third-order valence-corrected chi connectivity index (χ3v) is 9.29. The first-order valence-electron chi connectivity index (χ1n) is 15.4. The summed E-state index contributed by atoms with van der Waals surface area (Å²) in [4.78, 5) is 0. The Labute approximate surface area is 228 Å². The highest BCUT2D eigenvalue weighted by molar-refractivity contribution is 5.74. The first kappa shape index (κ1) is 27.9. The largest absolute Gasteiger partial charge is 0.0654 e. The lowest BCUT2D eigenvalue weighted by atomic mass is 9.60. The molecule has 0 heterocycles. The monoisotopic (exact) mass is 496 g/mol. The zero-order valence-corrected chi connectivity index (χ0v) is 25.1. The van der Waals surface area contributed by atoms with Crippen LogP contribution in [-0.4, -0.2) is 0 Å². The van der Waals surface area contributed by atoms with Crippen LogP contribution in [0.5, 0.6) is 0 Å². The SMILES string of the molecule is CCCCCc1cccc2c1C=C(C(C)C)C2C(C)(C)C1C(C(C)C)=Cc2c(CCCCC)cccc21. The van der Waals surface area contributed by atoms with Crippen LogP contribution in [0.25, 0.3) is 12.2 Å². The van der Waals surface area contributed by atoms with E-state index in [1.54, 1.807) is 44.5 Å². The summed E-state index contributed by atoms with van der Waals surface area (Å²) in [6, 6.07) is 14.4. The molecule has 2 aliphatic rings. The lowest BCUT2D eigenvalue weighted by Crippen LogP contribution is -2.32. The van der Waals surface area contributed by atoms with Crippen LogP contribution < -0.4 is 0 Å². The molecule has 200 valence electrons. The van der Waals surface area contributed by atoms with Crippen molar-refractivity contribution in [1.82, 2.24) is 0 Å². The van der Waals surface area contributed by atoms with Gasteiger partial charge < -0.3 is 0 Å². The third kappa shape index (κ3) is 5.41. The predicted octanol–water partition coefficient (Wildman–Crippen LogP) is 11.2. The number of allylic oxidation sites excluding steroid dienone is 2. The molecule has 4 rings (SSSR count). The topological polar surface area (TPSA) is 0 Å². The van der Waals surface area contributed by atoms with E-state index in [9.17, 15) is 0 Å². The van der Waals surface area contributed by atoms with Crippen molar-refractivity contribution >= 4 is 12.2 Å². The Kier molecular flexibility index (Phi) is 8.88. The maximum absolute atomic E-state index is 2.60. The molecule has 0 aliphatic heterocycles. The van der Waals surface area contributed by atoms with Gasteiger partial charge in [0.1, 0.15) is 0 Å². The maximum atomic E-state index is 2.60. The van der Waals surface area contributed by atoms with Crippen LogP contribution in [0.3, 0.4) is 0 Å². The van der Waals surface area contributed by atoms with Gasteiger partial charge in [-0.05, 0) is 76.3 Å². The first-order valence-corrected chi connectivity index (χ1v) is 15.4. The molecule has 0 radical (unpaired) electrons. The van der Waals surface area contributed by atoms with Gasteiger partial charge in [0.2, 0.25) is 0 Å². The number of fused-ring (bicyclic) bond motifs is 2. The third-order valence-electron chi connectivity index (χ3n) is 9.29. The molecule has 2 aromatic carbocycles. The molecule has 0 fully saturated rings. The van der Waals surface area contributed by atoms with Crippen molar-refractivity contribution in [2.75, 3.05) is 0 Å². The fraction of sp³-hybridized carbons (Fsp3) is 0.568. The number of unbranched alkanes of at least 4 members (excludes halogenated alkanes) is 4. The second kappa shape index (κ2) is 11.8. The summed E-state index contributed by atoms with van der Waals surface area (Å²) in [5.74, 6) is 2.01. The van der Waals surface area contributed by atoms with Gasteiger partial charge in [-0.3, -0.25) is 0 Å². The molecule has 2 aromatic rings. The van der Waals surface area contributed by atoms with Crippen molar-refractivity contribution in [2.24, 2.45) is 17.3 Å². The van der Waals surface area contributed by atoms with Crippen molar-refractivity contribution < 1.29 is 0 Å². The highest BCUT2D eigenvalue weighted by Crippen LogP contribution is 2.61. The van der Waals surface area contributed by atoms with Gasteiger partial charge in [-0.25, -0.2) is 0 Å². The van der Waals surface area contributed by atoms with Crippen LogP contribution in [0.15, 0.2) is 47.5 Å². The van der Waals surface area contributed by atoms with E-state index in [1.807, 2.05) is 0 Å². The molecule has 37 heavy (non-hydrogen) atoms. The molecule has 0 aromatic heterocycles. The molecule has 0 spiro atoms. The summed E-state index contributed by atoms with van der Waals surface area (Å²) in [5, 5.41) is 0. The molecule has 0 saturated carbocycles. The summed E-state index contributed by atoms with van der Waals surface area (Å²) < 4.78 is 0. The minimum absolute atomic E-state index is 0.0901. The molecule has 0 amide bonds. The highest BCUT2D eigenvalue weighted by Gasteiger charge is 2.48. The van der Waals surface area contributed by atoms with Gasteiger partial charge in [-0.15, -0.1) is 0 Å². The van der Waals surface area contributed by atoms with Crippen LogP contribution >= 0.6 is 0 Å². The predicted molar refractivity (Wildman–Crippen MR) is 164 cm³/mol. The summed E-state index contributed by atoms with van der Waals surface area (Å²) >= 11 is 0. The second-order valence-corrected chi connectivity index (χ2v) is 13.0. The summed E-state index contributed by atoms with van der Waals surface area (Å²) in [5.41, 5.74) is 12.7. The Hall–Kier alpha value is -2.08. The van der Waals surface area contributed by atoms with Crippen LogP contribution in [0.4, 0.5) is 0 Å². The maximum Gasteiger partial charge on any atom is 0.0120 e. The second-order valence-electron chi connectivity index (χ2n) is 13.0. The Morgan fingerprint density at radius 1 is 0.622 bits per heavy atom. The smallest absolute Gasteiger partial charge is 0.0120 e. The summed E-state index contributed by atoms with van der Waals surface area (Å²) in [7, 11) is 0. The molecular formula is C37H52. The van der Waals surface area contributed by atoms with Crippen molar-refractivity contribution in [3.05, 3.63) is 80.9 Å². The van der Waals surface area contributed by atoms with Gasteiger partial charge in [0.05, 0.1) is 0 Å². The van der Waals surface area contributed by atoms with E-state index < -0.39 is 0 Å². The van der Waals surface area contributed by atoms with Crippen LogP contribution in [0.1, 0.15) is 139 Å². The van der Waals surface area contributed by atoms with Crippen LogP contribution in [0.2, 0.25) is 0 Å². The molecule has 0 heteroatoms. The van der Waals surface area contributed by atoms with E-state index in [1.165, 1.54) is 51.4 Å². The first-order chi connectivity index (χ1) is 17.7. The number of aryl methyl sites for hydroxylation is 2. The quantitative estimate of drug-likeness (QED) is 0.256. The van der Waals surface area contributed by atoms with Crippen LogP contribution in [0, 0.1) is 17.3 Å². The van der Waals surface area contributed by atoms with E-state index in [4.69, 9.17) is 0 Å². The number of benzene rings is 2. The fourth-order valence-corrected chi connectivity index (χ4v) is 7.37. The molecule has 2 unspecified atom stereocenters. The van der Waals surface area contributed by atoms with E-state index in [0.29, 0.717) is 23.7 Å².